The molecular weight excluding hydrogens is 124 g/mol. The van der Waals surface area contributed by atoms with E-state index in [0.29, 0.717) is 12.1 Å². The number of hydrogen-bond donors (Lipinski definition) is 2. The van der Waals surface area contributed by atoms with Crippen LogP contribution in [0.2, 0.25) is 0 Å². The van der Waals surface area contributed by atoms with Crippen LogP contribution in [0.25, 0.3) is 0 Å². The molecule has 0 saturated carbocycles. The fourth-order valence-corrected chi connectivity index (χ4v) is 1.04. The summed E-state index contributed by atoms with van der Waals surface area (Å²) in [6, 6.07) is 0.626. The number of hydrogen-bond acceptors (Lipinski definition) is 2. The molecule has 0 radical (unpaired) electrons. The molecule has 2 nitrogen and oxygen atoms in total. The van der Waals surface area contributed by atoms with Crippen LogP contribution >= 0.6 is 0 Å². The van der Waals surface area contributed by atoms with E-state index in [2.05, 4.69) is 13.8 Å². The molecule has 2 atom stereocenters. The quantitative estimate of drug-likeness (QED) is 0.610. The summed E-state index contributed by atoms with van der Waals surface area (Å²) < 4.78 is 0. The van der Waals surface area contributed by atoms with Crippen LogP contribution in [0, 0.1) is 0 Å². The molecule has 0 aromatic heterocycles. The lowest BCUT2D eigenvalue weighted by atomic mass is 10.0. The minimum Gasteiger partial charge on any atom is -0.328 e. The highest BCUT2D eigenvalue weighted by molar-refractivity contribution is 4.68. The van der Waals surface area contributed by atoms with Gasteiger partial charge >= 0.3 is 0 Å². The van der Waals surface area contributed by atoms with Crippen molar-refractivity contribution in [2.24, 2.45) is 11.5 Å². The summed E-state index contributed by atoms with van der Waals surface area (Å²) in [5.41, 5.74) is 11.5. The first-order valence-electron chi connectivity index (χ1n) is 4.21. The van der Waals surface area contributed by atoms with Crippen molar-refractivity contribution in [3.63, 3.8) is 0 Å². The summed E-state index contributed by atoms with van der Waals surface area (Å²) in [6.07, 6.45) is 4.28. The van der Waals surface area contributed by atoms with Crippen molar-refractivity contribution in [2.75, 3.05) is 0 Å². The van der Waals surface area contributed by atoms with Crippen molar-refractivity contribution in [3.8, 4) is 0 Å². The van der Waals surface area contributed by atoms with Gasteiger partial charge in [-0.3, -0.25) is 0 Å². The molecule has 0 aliphatic heterocycles. The highest BCUT2D eigenvalue weighted by atomic mass is 14.7. The molecule has 0 aromatic rings. The predicted octanol–water partition coefficient (Wildman–Crippen LogP) is 1.24. The molecule has 0 spiro atoms. The van der Waals surface area contributed by atoms with Gasteiger partial charge in [0.2, 0.25) is 0 Å². The zero-order valence-corrected chi connectivity index (χ0v) is 7.14. The Balaban J connectivity index is 3.27. The molecule has 0 aliphatic carbocycles. The maximum absolute atomic E-state index is 5.78. The average molecular weight is 144 g/mol. The molecule has 0 fully saturated rings. The molecule has 0 aromatic carbocycles. The van der Waals surface area contributed by atoms with Crippen LogP contribution in [0.4, 0.5) is 0 Å². The lowest BCUT2D eigenvalue weighted by molar-refractivity contribution is 0.484. The fraction of sp³-hybridized carbons (Fsp3) is 1.00. The van der Waals surface area contributed by atoms with Gasteiger partial charge < -0.3 is 11.5 Å². The molecule has 0 rings (SSSR count). The van der Waals surface area contributed by atoms with Crippen LogP contribution in [0.15, 0.2) is 0 Å². The van der Waals surface area contributed by atoms with Crippen molar-refractivity contribution in [2.45, 2.75) is 51.6 Å². The van der Waals surface area contributed by atoms with E-state index >= 15 is 0 Å². The van der Waals surface area contributed by atoms with E-state index in [0.717, 1.165) is 25.7 Å². The summed E-state index contributed by atoms with van der Waals surface area (Å²) >= 11 is 0. The Morgan fingerprint density at radius 1 is 1.10 bits per heavy atom. The summed E-state index contributed by atoms with van der Waals surface area (Å²) in [4.78, 5) is 0. The van der Waals surface area contributed by atoms with Crippen LogP contribution in [-0.4, -0.2) is 12.1 Å². The lowest BCUT2D eigenvalue weighted by Crippen LogP contribution is -2.30. The van der Waals surface area contributed by atoms with Crippen molar-refractivity contribution in [1.82, 2.24) is 0 Å². The third kappa shape index (κ3) is 4.77. The van der Waals surface area contributed by atoms with E-state index in [1.54, 1.807) is 0 Å². The summed E-state index contributed by atoms with van der Waals surface area (Å²) in [5, 5.41) is 0. The number of nitrogens with two attached hydrogens (primary N) is 2. The molecule has 62 valence electrons. The standard InChI is InChI=1S/C8H20N2/c1-3-5-8(10)6-7(9)4-2/h7-8H,3-6,9-10H2,1-2H3. The van der Waals surface area contributed by atoms with Crippen molar-refractivity contribution in [3.05, 3.63) is 0 Å². The van der Waals surface area contributed by atoms with Gasteiger partial charge in [0.15, 0.2) is 0 Å². The van der Waals surface area contributed by atoms with Gasteiger partial charge in [-0.1, -0.05) is 20.3 Å². The Morgan fingerprint density at radius 3 is 2.10 bits per heavy atom. The molecular formula is C8H20N2. The first-order valence-corrected chi connectivity index (χ1v) is 4.21. The summed E-state index contributed by atoms with van der Waals surface area (Å²) in [6.45, 7) is 4.25. The van der Waals surface area contributed by atoms with E-state index in [1.807, 2.05) is 0 Å². The Kier molecular flexibility index (Phi) is 5.64. The normalized spacial score (nSPS) is 16.8. The second kappa shape index (κ2) is 5.69. The van der Waals surface area contributed by atoms with Gasteiger partial charge in [0.25, 0.3) is 0 Å². The fourth-order valence-electron chi connectivity index (χ4n) is 1.04. The van der Waals surface area contributed by atoms with Crippen molar-refractivity contribution < 1.29 is 0 Å². The Labute approximate surface area is 64.0 Å². The molecule has 2 heteroatoms. The maximum atomic E-state index is 5.78. The minimum absolute atomic E-state index is 0.307. The third-order valence-electron chi connectivity index (χ3n) is 1.79. The van der Waals surface area contributed by atoms with Crippen molar-refractivity contribution in [1.29, 1.82) is 0 Å². The van der Waals surface area contributed by atoms with Crippen LogP contribution in [-0.2, 0) is 0 Å². The zero-order chi connectivity index (χ0) is 7.98. The van der Waals surface area contributed by atoms with Gasteiger partial charge in [0, 0.05) is 12.1 Å². The maximum Gasteiger partial charge on any atom is 0.00534 e. The second-order valence-electron chi connectivity index (χ2n) is 2.95. The summed E-state index contributed by atoms with van der Waals surface area (Å²) in [5.74, 6) is 0. The molecule has 2 unspecified atom stereocenters. The largest absolute Gasteiger partial charge is 0.328 e. The Bertz CT molecular complexity index is 73.7. The SMILES string of the molecule is CCCC(N)CC(N)CC. The van der Waals surface area contributed by atoms with Crippen LogP contribution in [0.5, 0.6) is 0 Å². The van der Waals surface area contributed by atoms with Gasteiger partial charge in [0.1, 0.15) is 0 Å². The lowest BCUT2D eigenvalue weighted by Gasteiger charge is -2.14. The van der Waals surface area contributed by atoms with E-state index in [-0.39, 0.29) is 0 Å². The topological polar surface area (TPSA) is 52.0 Å². The first kappa shape index (κ1) is 9.92. The predicted molar refractivity (Wildman–Crippen MR) is 45.8 cm³/mol. The van der Waals surface area contributed by atoms with Crippen LogP contribution in [0.1, 0.15) is 39.5 Å². The zero-order valence-electron chi connectivity index (χ0n) is 7.14. The Morgan fingerprint density at radius 2 is 1.70 bits per heavy atom. The van der Waals surface area contributed by atoms with Crippen molar-refractivity contribution >= 4 is 0 Å². The highest BCUT2D eigenvalue weighted by Gasteiger charge is 2.05. The number of rotatable bonds is 5. The van der Waals surface area contributed by atoms with E-state index < -0.39 is 0 Å². The van der Waals surface area contributed by atoms with Gasteiger partial charge in [-0.2, -0.15) is 0 Å². The Hall–Kier alpha value is -0.0800. The van der Waals surface area contributed by atoms with E-state index in [9.17, 15) is 0 Å². The molecule has 0 bridgehead atoms. The molecule has 0 aliphatic rings. The minimum atomic E-state index is 0.307. The highest BCUT2D eigenvalue weighted by Crippen LogP contribution is 2.02. The van der Waals surface area contributed by atoms with Crippen LogP contribution < -0.4 is 11.5 Å². The average Bonchev–Trinajstić information content (AvgIpc) is 1.88. The van der Waals surface area contributed by atoms with Gasteiger partial charge in [0.05, 0.1) is 0 Å². The molecule has 0 amide bonds. The molecule has 0 heterocycles. The van der Waals surface area contributed by atoms with Gasteiger partial charge in [-0.15, -0.1) is 0 Å². The monoisotopic (exact) mass is 144 g/mol. The first-order chi connectivity index (χ1) is 4.70. The molecule has 0 saturated heterocycles. The van der Waals surface area contributed by atoms with E-state index in [4.69, 9.17) is 11.5 Å². The van der Waals surface area contributed by atoms with Crippen LogP contribution in [0.3, 0.4) is 0 Å². The summed E-state index contributed by atoms with van der Waals surface area (Å²) in [7, 11) is 0. The second-order valence-corrected chi connectivity index (χ2v) is 2.95. The van der Waals surface area contributed by atoms with Gasteiger partial charge in [-0.05, 0) is 19.3 Å². The molecule has 4 N–H and O–H groups in total. The smallest absolute Gasteiger partial charge is 0.00534 e. The van der Waals surface area contributed by atoms with Gasteiger partial charge in [-0.25, -0.2) is 0 Å². The third-order valence-corrected chi connectivity index (χ3v) is 1.79. The van der Waals surface area contributed by atoms with E-state index in [1.165, 1.54) is 0 Å². The molecule has 10 heavy (non-hydrogen) atoms.